The largest absolute Gasteiger partial charge is 0.342 e. The third-order valence-corrected chi connectivity index (χ3v) is 4.81. The Balaban J connectivity index is 1.55. The maximum atomic E-state index is 13.0. The number of likely N-dealkylation sites (tertiary alicyclic amines) is 1. The zero-order valence-electron chi connectivity index (χ0n) is 13.6. The van der Waals surface area contributed by atoms with Crippen LogP contribution < -0.4 is 0 Å². The lowest BCUT2D eigenvalue weighted by molar-refractivity contribution is -0.130. The summed E-state index contributed by atoms with van der Waals surface area (Å²) in [6, 6.07) is 6.62. The van der Waals surface area contributed by atoms with Crippen molar-refractivity contribution >= 4 is 5.91 Å². The zero-order chi connectivity index (χ0) is 16.4. The van der Waals surface area contributed by atoms with Crippen LogP contribution in [-0.4, -0.2) is 34.1 Å². The molecule has 0 saturated carbocycles. The number of aromatic nitrogens is 2. The maximum absolute atomic E-state index is 13.0. The average Bonchev–Trinajstić information content (AvgIpc) is 3.15. The normalized spacial score (nSPS) is 17.7. The lowest BCUT2D eigenvalue weighted by Gasteiger charge is -2.16. The molecule has 2 heterocycles. The first-order valence-electron chi connectivity index (χ1n) is 8.08. The van der Waals surface area contributed by atoms with Crippen LogP contribution in [0.15, 0.2) is 24.3 Å². The Kier molecular flexibility index (Phi) is 4.46. The van der Waals surface area contributed by atoms with Gasteiger partial charge in [0.15, 0.2) is 0 Å². The Hall–Kier alpha value is -2.17. The number of nitrogens with zero attached hydrogens (tertiary/aromatic N) is 2. The second-order valence-electron chi connectivity index (χ2n) is 6.30. The van der Waals surface area contributed by atoms with Crippen LogP contribution in [0.3, 0.4) is 0 Å². The number of halogens is 1. The lowest BCUT2D eigenvalue weighted by atomic mass is 9.99. The van der Waals surface area contributed by atoms with E-state index in [0.29, 0.717) is 18.8 Å². The molecule has 1 aliphatic heterocycles. The highest BCUT2D eigenvalue weighted by molar-refractivity contribution is 5.76. The van der Waals surface area contributed by atoms with E-state index in [1.165, 1.54) is 12.1 Å². The summed E-state index contributed by atoms with van der Waals surface area (Å²) in [5, 5.41) is 7.21. The van der Waals surface area contributed by atoms with Crippen LogP contribution in [0.2, 0.25) is 0 Å². The van der Waals surface area contributed by atoms with Gasteiger partial charge in [0.05, 0.1) is 5.69 Å². The molecule has 1 atom stereocenters. The first-order chi connectivity index (χ1) is 11.0. The summed E-state index contributed by atoms with van der Waals surface area (Å²) in [6.07, 6.45) is 2.10. The Morgan fingerprint density at radius 2 is 2.09 bits per heavy atom. The number of aryl methyl sites for hydroxylation is 2. The minimum Gasteiger partial charge on any atom is -0.342 e. The molecule has 0 radical (unpaired) electrons. The van der Waals surface area contributed by atoms with Crippen LogP contribution in [0.25, 0.3) is 0 Å². The molecule has 1 fully saturated rings. The van der Waals surface area contributed by atoms with Gasteiger partial charge in [-0.05, 0) is 43.5 Å². The molecule has 1 N–H and O–H groups in total. The van der Waals surface area contributed by atoms with Crippen molar-refractivity contribution in [3.05, 3.63) is 52.6 Å². The number of nitrogens with one attached hydrogen (secondary N) is 1. The number of hydrogen-bond acceptors (Lipinski definition) is 2. The molecule has 1 amide bonds. The molecule has 1 saturated heterocycles. The molecule has 2 aromatic rings. The van der Waals surface area contributed by atoms with Crippen molar-refractivity contribution < 1.29 is 9.18 Å². The summed E-state index contributed by atoms with van der Waals surface area (Å²) in [5.41, 5.74) is 4.29. The molecular weight excluding hydrogens is 293 g/mol. The number of H-pyrrole nitrogens is 1. The summed E-state index contributed by atoms with van der Waals surface area (Å²) in [5.74, 6) is 0.271. The van der Waals surface area contributed by atoms with Crippen molar-refractivity contribution in [2.24, 2.45) is 0 Å². The molecule has 1 aliphatic rings. The van der Waals surface area contributed by atoms with Gasteiger partial charge in [0.2, 0.25) is 5.91 Å². The number of carbonyl (C=O) groups excluding carboxylic acids is 1. The summed E-state index contributed by atoms with van der Waals surface area (Å²) >= 11 is 0. The van der Waals surface area contributed by atoms with E-state index in [4.69, 9.17) is 0 Å². The first kappa shape index (κ1) is 15.7. The molecule has 4 nitrogen and oxygen atoms in total. The van der Waals surface area contributed by atoms with Gasteiger partial charge in [-0.25, -0.2) is 4.39 Å². The topological polar surface area (TPSA) is 49.0 Å². The second-order valence-corrected chi connectivity index (χ2v) is 6.30. The average molecular weight is 315 g/mol. The van der Waals surface area contributed by atoms with Gasteiger partial charge in [0.25, 0.3) is 0 Å². The van der Waals surface area contributed by atoms with E-state index in [9.17, 15) is 9.18 Å². The molecule has 23 heavy (non-hydrogen) atoms. The molecule has 0 bridgehead atoms. The summed E-state index contributed by atoms with van der Waals surface area (Å²) in [4.78, 5) is 14.3. The molecule has 122 valence electrons. The van der Waals surface area contributed by atoms with Crippen LogP contribution >= 0.6 is 0 Å². The minimum absolute atomic E-state index is 0.176. The van der Waals surface area contributed by atoms with Gasteiger partial charge in [-0.3, -0.25) is 9.89 Å². The van der Waals surface area contributed by atoms with E-state index in [1.54, 1.807) is 0 Å². The van der Waals surface area contributed by atoms with E-state index < -0.39 is 0 Å². The van der Waals surface area contributed by atoms with Crippen LogP contribution in [0, 0.1) is 19.7 Å². The van der Waals surface area contributed by atoms with Crippen LogP contribution in [0.5, 0.6) is 0 Å². The summed E-state index contributed by atoms with van der Waals surface area (Å²) in [6.45, 7) is 5.52. The van der Waals surface area contributed by atoms with Gasteiger partial charge in [-0.1, -0.05) is 12.1 Å². The number of carbonyl (C=O) groups is 1. The van der Waals surface area contributed by atoms with Gasteiger partial charge in [0.1, 0.15) is 5.82 Å². The van der Waals surface area contributed by atoms with Crippen molar-refractivity contribution in [3.63, 3.8) is 0 Å². The maximum Gasteiger partial charge on any atom is 0.222 e. The van der Waals surface area contributed by atoms with Gasteiger partial charge >= 0.3 is 0 Å². The monoisotopic (exact) mass is 315 g/mol. The number of hydrogen-bond donors (Lipinski definition) is 1. The highest BCUT2D eigenvalue weighted by atomic mass is 19.1. The Labute approximate surface area is 135 Å². The van der Waals surface area contributed by atoms with Gasteiger partial charge in [-0.15, -0.1) is 0 Å². The van der Waals surface area contributed by atoms with E-state index in [0.717, 1.165) is 42.0 Å². The number of aromatic amines is 1. The standard InChI is InChI=1S/C18H22FN3O/c1-12-13(2)20-21-17(12)7-8-18(23)22-10-9-15(11-22)14-3-5-16(19)6-4-14/h3-6,15H,7-11H2,1-2H3,(H,20,21)/t15-/m1/s1. The minimum atomic E-state index is -0.218. The van der Waals surface area contributed by atoms with E-state index in [2.05, 4.69) is 10.2 Å². The lowest BCUT2D eigenvalue weighted by Crippen LogP contribution is -2.28. The van der Waals surface area contributed by atoms with Gasteiger partial charge in [0, 0.05) is 37.5 Å². The van der Waals surface area contributed by atoms with Crippen LogP contribution in [-0.2, 0) is 11.2 Å². The number of benzene rings is 1. The SMILES string of the molecule is Cc1[nH]nc(CCC(=O)N2CC[C@@H](c3ccc(F)cc3)C2)c1C. The van der Waals surface area contributed by atoms with E-state index >= 15 is 0 Å². The fraction of sp³-hybridized carbons (Fsp3) is 0.444. The smallest absolute Gasteiger partial charge is 0.222 e. The quantitative estimate of drug-likeness (QED) is 0.942. The van der Waals surface area contributed by atoms with E-state index in [1.807, 2.05) is 30.9 Å². The molecule has 3 rings (SSSR count). The van der Waals surface area contributed by atoms with Crippen molar-refractivity contribution in [3.8, 4) is 0 Å². The highest BCUT2D eigenvalue weighted by Gasteiger charge is 2.27. The number of rotatable bonds is 4. The third kappa shape index (κ3) is 3.44. The molecule has 0 spiro atoms. The van der Waals surface area contributed by atoms with Crippen LogP contribution in [0.1, 0.15) is 41.3 Å². The highest BCUT2D eigenvalue weighted by Crippen LogP contribution is 2.27. The van der Waals surface area contributed by atoms with Crippen LogP contribution in [0.4, 0.5) is 4.39 Å². The molecule has 5 heteroatoms. The fourth-order valence-corrected chi connectivity index (χ4v) is 3.16. The predicted octanol–water partition coefficient (Wildman–Crippen LogP) is 3.11. The first-order valence-corrected chi connectivity index (χ1v) is 8.08. The Morgan fingerprint density at radius 3 is 2.74 bits per heavy atom. The summed E-state index contributed by atoms with van der Waals surface area (Å²) < 4.78 is 13.0. The predicted molar refractivity (Wildman–Crippen MR) is 86.7 cm³/mol. The van der Waals surface area contributed by atoms with Crippen molar-refractivity contribution in [2.45, 2.75) is 39.0 Å². The Bertz CT molecular complexity index is 693. The second kappa shape index (κ2) is 6.52. The van der Waals surface area contributed by atoms with Crippen molar-refractivity contribution in [1.29, 1.82) is 0 Å². The molecular formula is C18H22FN3O. The molecule has 0 unspecified atom stereocenters. The summed E-state index contributed by atoms with van der Waals surface area (Å²) in [7, 11) is 0. The van der Waals surface area contributed by atoms with Gasteiger partial charge in [-0.2, -0.15) is 5.10 Å². The third-order valence-electron chi connectivity index (χ3n) is 4.81. The molecule has 1 aromatic carbocycles. The zero-order valence-corrected chi connectivity index (χ0v) is 13.6. The van der Waals surface area contributed by atoms with E-state index in [-0.39, 0.29) is 11.7 Å². The van der Waals surface area contributed by atoms with Crippen molar-refractivity contribution in [2.75, 3.05) is 13.1 Å². The fourth-order valence-electron chi connectivity index (χ4n) is 3.16. The van der Waals surface area contributed by atoms with Crippen molar-refractivity contribution in [1.82, 2.24) is 15.1 Å². The molecule has 1 aromatic heterocycles. The molecule has 0 aliphatic carbocycles. The Morgan fingerprint density at radius 1 is 1.35 bits per heavy atom. The number of amides is 1. The van der Waals surface area contributed by atoms with Gasteiger partial charge < -0.3 is 4.90 Å².